The number of thiophene rings is 1. The normalized spacial score (nSPS) is 20.0. The summed E-state index contributed by atoms with van der Waals surface area (Å²) in [6.07, 6.45) is 6.16. The van der Waals surface area contributed by atoms with Gasteiger partial charge in [-0.25, -0.2) is 4.98 Å². The average molecular weight is 383 g/mol. The molecule has 1 aromatic carbocycles. The molecule has 5 heteroatoms. The summed E-state index contributed by atoms with van der Waals surface area (Å²) < 4.78 is 0. The molecule has 0 unspecified atom stereocenters. The molecule has 1 saturated carbocycles. The minimum atomic E-state index is 0.105. The molecule has 0 aliphatic heterocycles. The van der Waals surface area contributed by atoms with Crippen molar-refractivity contribution in [2.45, 2.75) is 37.6 Å². The summed E-state index contributed by atoms with van der Waals surface area (Å²) >= 11 is 3.16. The van der Waals surface area contributed by atoms with Gasteiger partial charge in [0.15, 0.2) is 0 Å². The second-order valence-electron chi connectivity index (χ2n) is 6.84. The van der Waals surface area contributed by atoms with Crippen molar-refractivity contribution in [3.63, 3.8) is 0 Å². The van der Waals surface area contributed by atoms with E-state index in [4.69, 9.17) is 0 Å². The third-order valence-corrected chi connectivity index (χ3v) is 7.31. The van der Waals surface area contributed by atoms with Crippen molar-refractivity contribution in [3.8, 4) is 9.88 Å². The Morgan fingerprint density at radius 3 is 2.54 bits per heavy atom. The zero-order chi connectivity index (χ0) is 17.9. The van der Waals surface area contributed by atoms with E-state index >= 15 is 0 Å². The Morgan fingerprint density at radius 1 is 1.08 bits per heavy atom. The fourth-order valence-electron chi connectivity index (χ4n) is 3.75. The fourth-order valence-corrected chi connectivity index (χ4v) is 5.45. The number of carbonyl (C=O) groups excluding carboxylic acids is 1. The van der Waals surface area contributed by atoms with Gasteiger partial charge in [0.25, 0.3) is 5.91 Å². The molecule has 0 spiro atoms. The average Bonchev–Trinajstić information content (AvgIpc) is 3.39. The van der Waals surface area contributed by atoms with Gasteiger partial charge in [-0.15, -0.1) is 22.7 Å². The van der Waals surface area contributed by atoms with Crippen LogP contribution in [0.1, 0.15) is 46.8 Å². The number of thiazole rings is 1. The Balaban J connectivity index is 1.39. The molecule has 3 nitrogen and oxygen atoms in total. The molecule has 1 aliphatic rings. The minimum absolute atomic E-state index is 0.105. The van der Waals surface area contributed by atoms with E-state index < -0.39 is 0 Å². The summed E-state index contributed by atoms with van der Waals surface area (Å²) in [5.41, 5.74) is 1.43. The van der Waals surface area contributed by atoms with Gasteiger partial charge in [-0.3, -0.25) is 4.79 Å². The first-order chi connectivity index (χ1) is 12.7. The molecular formula is C21H22N2OS2. The lowest BCUT2D eigenvalue weighted by Gasteiger charge is -2.34. The summed E-state index contributed by atoms with van der Waals surface area (Å²) in [6, 6.07) is 15.1. The van der Waals surface area contributed by atoms with Crippen molar-refractivity contribution < 1.29 is 4.79 Å². The van der Waals surface area contributed by atoms with Gasteiger partial charge in [0.2, 0.25) is 0 Å². The molecule has 0 radical (unpaired) electrons. The van der Waals surface area contributed by atoms with Crippen LogP contribution in [0.4, 0.5) is 0 Å². The molecule has 0 saturated heterocycles. The van der Waals surface area contributed by atoms with Crippen molar-refractivity contribution in [1.29, 1.82) is 0 Å². The third-order valence-electron chi connectivity index (χ3n) is 5.28. The van der Waals surface area contributed by atoms with Crippen LogP contribution >= 0.6 is 22.7 Å². The maximum Gasteiger partial charge on any atom is 0.265 e. The second kappa shape index (κ2) is 7.72. The number of benzene rings is 1. The van der Waals surface area contributed by atoms with Crippen LogP contribution < -0.4 is 0 Å². The van der Waals surface area contributed by atoms with Crippen molar-refractivity contribution in [3.05, 3.63) is 64.5 Å². The molecule has 2 heterocycles. The summed E-state index contributed by atoms with van der Waals surface area (Å²) in [6.45, 7) is 0. The van der Waals surface area contributed by atoms with E-state index in [2.05, 4.69) is 35.3 Å². The number of rotatable bonds is 4. The zero-order valence-electron chi connectivity index (χ0n) is 14.8. The molecule has 3 aromatic rings. The zero-order valence-corrected chi connectivity index (χ0v) is 16.4. The van der Waals surface area contributed by atoms with E-state index in [0.29, 0.717) is 12.0 Å². The molecule has 0 N–H and O–H groups in total. The van der Waals surface area contributed by atoms with Crippen molar-refractivity contribution in [2.24, 2.45) is 0 Å². The van der Waals surface area contributed by atoms with Gasteiger partial charge >= 0.3 is 0 Å². The summed E-state index contributed by atoms with van der Waals surface area (Å²) in [4.78, 5) is 21.1. The maximum atomic E-state index is 12.9. The number of hydrogen-bond acceptors (Lipinski definition) is 4. The van der Waals surface area contributed by atoms with Crippen LogP contribution in [0.5, 0.6) is 0 Å². The third kappa shape index (κ3) is 3.60. The van der Waals surface area contributed by atoms with Gasteiger partial charge in [0.05, 0.1) is 11.1 Å². The molecule has 4 rings (SSSR count). The van der Waals surface area contributed by atoms with E-state index in [-0.39, 0.29) is 5.91 Å². The molecule has 134 valence electrons. The molecule has 26 heavy (non-hydrogen) atoms. The van der Waals surface area contributed by atoms with E-state index in [1.807, 2.05) is 29.5 Å². The Labute approximate surface area is 162 Å². The second-order valence-corrected chi connectivity index (χ2v) is 8.82. The Bertz CT molecular complexity index is 849. The van der Waals surface area contributed by atoms with Crippen molar-refractivity contribution >= 4 is 28.6 Å². The fraction of sp³-hybridized carbons (Fsp3) is 0.333. The predicted octanol–water partition coefficient (Wildman–Crippen LogP) is 5.67. The number of carbonyl (C=O) groups is 1. The topological polar surface area (TPSA) is 33.2 Å². The van der Waals surface area contributed by atoms with E-state index in [0.717, 1.165) is 40.4 Å². The van der Waals surface area contributed by atoms with E-state index in [1.54, 1.807) is 17.5 Å². The van der Waals surface area contributed by atoms with Gasteiger partial charge in [0, 0.05) is 13.1 Å². The summed E-state index contributed by atoms with van der Waals surface area (Å²) in [7, 11) is 1.94. The molecular weight excluding hydrogens is 360 g/mol. The van der Waals surface area contributed by atoms with Gasteiger partial charge in [-0.2, -0.15) is 0 Å². The van der Waals surface area contributed by atoms with Crippen LogP contribution in [0.2, 0.25) is 0 Å². The van der Waals surface area contributed by atoms with Crippen LogP contribution in [0.25, 0.3) is 9.88 Å². The molecule has 2 aromatic heterocycles. The first-order valence-corrected chi connectivity index (χ1v) is 10.7. The van der Waals surface area contributed by atoms with Crippen LogP contribution in [0, 0.1) is 0 Å². The van der Waals surface area contributed by atoms with E-state index in [9.17, 15) is 4.79 Å². The number of hydrogen-bond donors (Lipinski definition) is 0. The van der Waals surface area contributed by atoms with Crippen LogP contribution in [-0.4, -0.2) is 28.9 Å². The summed E-state index contributed by atoms with van der Waals surface area (Å²) in [5.74, 6) is 0.734. The number of nitrogens with zero attached hydrogens (tertiary/aromatic N) is 2. The van der Waals surface area contributed by atoms with Crippen molar-refractivity contribution in [2.75, 3.05) is 7.05 Å². The Morgan fingerprint density at radius 2 is 1.85 bits per heavy atom. The number of aromatic nitrogens is 1. The van der Waals surface area contributed by atoms with Crippen LogP contribution in [0.15, 0.2) is 54.0 Å². The summed E-state index contributed by atoms with van der Waals surface area (Å²) in [5, 5.41) is 2.97. The lowest BCUT2D eigenvalue weighted by atomic mass is 9.81. The highest BCUT2D eigenvalue weighted by Crippen LogP contribution is 2.35. The standard InChI is InChI=1S/C21H22N2OS2/c1-23(17-11-9-16(10-12-17)15-6-3-2-4-7-15)21(24)19-14-22-20(26-19)18-8-5-13-25-18/h2-8,13-14,16-17H,9-12H2,1H3. The molecule has 1 fully saturated rings. The van der Waals surface area contributed by atoms with Crippen molar-refractivity contribution in [1.82, 2.24) is 9.88 Å². The molecule has 1 amide bonds. The van der Waals surface area contributed by atoms with Gasteiger partial charge < -0.3 is 4.90 Å². The largest absolute Gasteiger partial charge is 0.338 e. The van der Waals surface area contributed by atoms with Gasteiger partial charge in [-0.1, -0.05) is 36.4 Å². The smallest absolute Gasteiger partial charge is 0.265 e. The lowest BCUT2D eigenvalue weighted by Crippen LogP contribution is -2.38. The highest BCUT2D eigenvalue weighted by molar-refractivity contribution is 7.21. The lowest BCUT2D eigenvalue weighted by molar-refractivity contribution is 0.0694. The highest BCUT2D eigenvalue weighted by atomic mass is 32.1. The molecule has 1 aliphatic carbocycles. The highest BCUT2D eigenvalue weighted by Gasteiger charge is 2.28. The van der Waals surface area contributed by atoms with Gasteiger partial charge in [-0.05, 0) is 48.6 Å². The van der Waals surface area contributed by atoms with Crippen LogP contribution in [0.3, 0.4) is 0 Å². The molecule has 0 bridgehead atoms. The molecule has 0 atom stereocenters. The SMILES string of the molecule is CN(C(=O)c1cnc(-c2cccs2)s1)C1CCC(c2ccccc2)CC1. The maximum absolute atomic E-state index is 12.9. The van der Waals surface area contributed by atoms with Gasteiger partial charge in [0.1, 0.15) is 9.88 Å². The van der Waals surface area contributed by atoms with Crippen LogP contribution in [-0.2, 0) is 0 Å². The Hall–Kier alpha value is -1.98. The minimum Gasteiger partial charge on any atom is -0.338 e. The van der Waals surface area contributed by atoms with E-state index in [1.165, 1.54) is 16.9 Å². The monoisotopic (exact) mass is 382 g/mol. The first kappa shape index (κ1) is 17.4. The first-order valence-electron chi connectivity index (χ1n) is 9.04. The Kier molecular flexibility index (Phi) is 5.18. The number of amides is 1. The quantitative estimate of drug-likeness (QED) is 0.582. The predicted molar refractivity (Wildman–Crippen MR) is 109 cm³/mol.